The number of halogens is 3. The van der Waals surface area contributed by atoms with Gasteiger partial charge in [-0.1, -0.05) is 19.9 Å². The van der Waals surface area contributed by atoms with E-state index in [0.717, 1.165) is 0 Å². The highest BCUT2D eigenvalue weighted by Gasteiger charge is 2.37. The first-order chi connectivity index (χ1) is 8.31. The summed E-state index contributed by atoms with van der Waals surface area (Å²) in [5, 5.41) is 0. The molecule has 0 aromatic carbocycles. The monoisotopic (exact) mass is 260 g/mol. The van der Waals surface area contributed by atoms with Gasteiger partial charge in [0, 0.05) is 14.1 Å². The maximum absolute atomic E-state index is 13.0. The molecular weight excluding hydrogens is 241 g/mol. The van der Waals surface area contributed by atoms with Gasteiger partial charge in [-0.3, -0.25) is 0 Å². The molecule has 0 radical (unpaired) electrons. The van der Waals surface area contributed by atoms with Crippen molar-refractivity contribution in [3.8, 4) is 0 Å². The van der Waals surface area contributed by atoms with Crippen molar-refractivity contribution in [2.24, 2.45) is 0 Å². The van der Waals surface area contributed by atoms with Crippen LogP contribution in [0, 0.1) is 0 Å². The fraction of sp³-hybridized carbons (Fsp3) is 0.615. The molecule has 0 bridgehead atoms. The molecular formula is C13H19F3N2. The van der Waals surface area contributed by atoms with E-state index < -0.39 is 11.9 Å². The Hall–Kier alpha value is -1.26. The predicted molar refractivity (Wildman–Crippen MR) is 66.9 cm³/mol. The average molecular weight is 260 g/mol. The van der Waals surface area contributed by atoms with Crippen molar-refractivity contribution in [1.29, 1.82) is 0 Å². The second kappa shape index (κ2) is 5.59. The zero-order chi connectivity index (χ0) is 13.9. The molecule has 102 valence electrons. The molecule has 0 aliphatic heterocycles. The normalized spacial score (nSPS) is 12.0. The number of anilines is 1. The van der Waals surface area contributed by atoms with Crippen LogP contribution < -0.4 is 4.90 Å². The fourth-order valence-corrected chi connectivity index (χ4v) is 1.99. The Balaban J connectivity index is 3.34. The molecule has 0 aliphatic rings. The summed E-state index contributed by atoms with van der Waals surface area (Å²) in [5.41, 5.74) is -0.444. The van der Waals surface area contributed by atoms with E-state index in [9.17, 15) is 13.2 Å². The van der Waals surface area contributed by atoms with E-state index in [1.807, 2.05) is 13.8 Å². The summed E-state index contributed by atoms with van der Waals surface area (Å²) in [6.07, 6.45) is -3.03. The first-order valence-corrected chi connectivity index (χ1v) is 6.06. The summed E-state index contributed by atoms with van der Waals surface area (Å²) in [4.78, 5) is 5.34. The Morgan fingerprint density at radius 1 is 1.17 bits per heavy atom. The van der Waals surface area contributed by atoms with Gasteiger partial charge >= 0.3 is 6.18 Å². The van der Waals surface area contributed by atoms with Crippen LogP contribution in [0.25, 0.3) is 0 Å². The highest BCUT2D eigenvalue weighted by molar-refractivity contribution is 5.42. The summed E-state index contributed by atoms with van der Waals surface area (Å²) in [6.45, 7) is 3.79. The zero-order valence-corrected chi connectivity index (χ0v) is 11.2. The lowest BCUT2D eigenvalue weighted by molar-refractivity contribution is -0.142. The van der Waals surface area contributed by atoms with Crippen molar-refractivity contribution in [1.82, 2.24) is 4.98 Å². The number of aromatic nitrogens is 1. The summed E-state index contributed by atoms with van der Waals surface area (Å²) in [6, 6.07) is 3.20. The van der Waals surface area contributed by atoms with Crippen molar-refractivity contribution in [2.45, 2.75) is 38.8 Å². The molecule has 0 atom stereocenters. The summed E-state index contributed by atoms with van der Waals surface area (Å²) in [5.74, 6) is 0.238. The van der Waals surface area contributed by atoms with E-state index in [-0.39, 0.29) is 5.92 Å². The van der Waals surface area contributed by atoms with E-state index in [0.29, 0.717) is 24.2 Å². The van der Waals surface area contributed by atoms with E-state index in [1.54, 1.807) is 31.1 Å². The largest absolute Gasteiger partial charge is 0.433 e. The summed E-state index contributed by atoms with van der Waals surface area (Å²) in [7, 11) is 3.36. The molecule has 0 saturated heterocycles. The van der Waals surface area contributed by atoms with Gasteiger partial charge in [-0.2, -0.15) is 13.2 Å². The Morgan fingerprint density at radius 2 is 1.72 bits per heavy atom. The molecule has 5 heteroatoms. The highest BCUT2D eigenvalue weighted by atomic mass is 19.4. The van der Waals surface area contributed by atoms with Gasteiger partial charge < -0.3 is 4.90 Å². The van der Waals surface area contributed by atoms with E-state index >= 15 is 0 Å². The van der Waals surface area contributed by atoms with Crippen LogP contribution in [0.1, 0.15) is 43.9 Å². The Morgan fingerprint density at radius 3 is 2.11 bits per heavy atom. The quantitative estimate of drug-likeness (QED) is 0.811. The zero-order valence-electron chi connectivity index (χ0n) is 11.2. The Bertz CT molecular complexity index is 396. The smallest absolute Gasteiger partial charge is 0.363 e. The topological polar surface area (TPSA) is 16.1 Å². The third-order valence-electron chi connectivity index (χ3n) is 3.06. The van der Waals surface area contributed by atoms with Gasteiger partial charge in [0.15, 0.2) is 0 Å². The van der Waals surface area contributed by atoms with E-state index in [2.05, 4.69) is 4.98 Å². The van der Waals surface area contributed by atoms with Crippen LogP contribution in [-0.4, -0.2) is 19.1 Å². The lowest BCUT2D eigenvalue weighted by Crippen LogP contribution is -2.18. The van der Waals surface area contributed by atoms with Crippen molar-refractivity contribution >= 4 is 5.82 Å². The first-order valence-electron chi connectivity index (χ1n) is 6.06. The molecule has 0 fully saturated rings. The van der Waals surface area contributed by atoms with Crippen molar-refractivity contribution in [3.63, 3.8) is 0 Å². The third kappa shape index (κ3) is 3.15. The minimum absolute atomic E-state index is 0.0923. The molecule has 2 nitrogen and oxygen atoms in total. The van der Waals surface area contributed by atoms with Crippen LogP contribution in [-0.2, 0) is 6.18 Å². The van der Waals surface area contributed by atoms with E-state index in [4.69, 9.17) is 0 Å². The molecule has 1 aromatic heterocycles. The van der Waals surface area contributed by atoms with Gasteiger partial charge in [-0.05, 0) is 30.4 Å². The van der Waals surface area contributed by atoms with Crippen LogP contribution in [0.5, 0.6) is 0 Å². The SMILES string of the molecule is CCC(CC)c1ccc(N(C)C)nc1C(F)(F)F. The van der Waals surface area contributed by atoms with Crippen LogP contribution in [0.4, 0.5) is 19.0 Å². The standard InChI is InChI=1S/C13H19F3N2/c1-5-9(6-2)10-7-8-11(18(3)4)17-12(10)13(14,15)16/h7-9H,5-6H2,1-4H3. The molecule has 0 saturated carbocycles. The third-order valence-corrected chi connectivity index (χ3v) is 3.06. The molecule has 18 heavy (non-hydrogen) atoms. The summed E-state index contributed by atoms with van der Waals surface area (Å²) >= 11 is 0. The van der Waals surface area contributed by atoms with Gasteiger partial charge in [0.2, 0.25) is 0 Å². The molecule has 1 rings (SSSR count). The lowest BCUT2D eigenvalue weighted by Gasteiger charge is -2.21. The number of pyridine rings is 1. The van der Waals surface area contributed by atoms with Gasteiger partial charge in [0.05, 0.1) is 0 Å². The predicted octanol–water partition coefficient (Wildman–Crippen LogP) is 4.07. The van der Waals surface area contributed by atoms with E-state index in [1.165, 1.54) is 0 Å². The molecule has 1 aromatic rings. The molecule has 0 unspecified atom stereocenters. The second-order valence-corrected chi connectivity index (χ2v) is 4.51. The molecule has 1 heterocycles. The highest BCUT2D eigenvalue weighted by Crippen LogP contribution is 2.37. The van der Waals surface area contributed by atoms with Gasteiger partial charge in [0.1, 0.15) is 11.5 Å². The van der Waals surface area contributed by atoms with Crippen molar-refractivity contribution in [3.05, 3.63) is 23.4 Å². The molecule has 0 amide bonds. The second-order valence-electron chi connectivity index (χ2n) is 4.51. The average Bonchev–Trinajstić information content (AvgIpc) is 2.29. The molecule has 0 spiro atoms. The number of hydrogen-bond donors (Lipinski definition) is 0. The van der Waals surface area contributed by atoms with Crippen molar-refractivity contribution < 1.29 is 13.2 Å². The van der Waals surface area contributed by atoms with Gasteiger partial charge in [-0.25, -0.2) is 4.98 Å². The Kier molecular flexibility index (Phi) is 4.59. The van der Waals surface area contributed by atoms with Gasteiger partial charge in [0.25, 0.3) is 0 Å². The Labute approximate surface area is 106 Å². The van der Waals surface area contributed by atoms with Crippen LogP contribution in [0.15, 0.2) is 12.1 Å². The van der Waals surface area contributed by atoms with Crippen LogP contribution in [0.3, 0.4) is 0 Å². The van der Waals surface area contributed by atoms with Crippen molar-refractivity contribution in [2.75, 3.05) is 19.0 Å². The van der Waals surface area contributed by atoms with Gasteiger partial charge in [-0.15, -0.1) is 0 Å². The molecule has 0 N–H and O–H groups in total. The maximum Gasteiger partial charge on any atom is 0.433 e. The van der Waals surface area contributed by atoms with Crippen LogP contribution in [0.2, 0.25) is 0 Å². The maximum atomic E-state index is 13.0. The number of rotatable bonds is 4. The fourth-order valence-electron chi connectivity index (χ4n) is 1.99. The minimum atomic E-state index is -4.40. The number of nitrogens with zero attached hydrogens (tertiary/aromatic N) is 2. The molecule has 0 aliphatic carbocycles. The lowest BCUT2D eigenvalue weighted by atomic mass is 9.92. The minimum Gasteiger partial charge on any atom is -0.363 e. The number of alkyl halides is 3. The first kappa shape index (κ1) is 14.8. The van der Waals surface area contributed by atoms with Crippen LogP contribution >= 0.6 is 0 Å². The number of hydrogen-bond acceptors (Lipinski definition) is 2. The summed E-state index contributed by atoms with van der Waals surface area (Å²) < 4.78 is 39.1.